The van der Waals surface area contributed by atoms with Crippen molar-refractivity contribution in [1.29, 1.82) is 0 Å². The fraction of sp³-hybridized carbons (Fsp3) is 0.0870. The zero-order valence-electron chi connectivity index (χ0n) is 17.2. The zero-order valence-corrected chi connectivity index (χ0v) is 18.1. The average molecular weight is 452 g/mol. The van der Waals surface area contributed by atoms with E-state index < -0.39 is 21.9 Å². The van der Waals surface area contributed by atoms with Crippen LogP contribution in [0, 0.1) is 6.92 Å². The van der Waals surface area contributed by atoms with Crippen molar-refractivity contribution in [3.63, 3.8) is 0 Å². The van der Waals surface area contributed by atoms with Crippen molar-refractivity contribution >= 4 is 39.1 Å². The molecule has 9 heteroatoms. The van der Waals surface area contributed by atoms with Crippen LogP contribution >= 0.6 is 0 Å². The summed E-state index contributed by atoms with van der Waals surface area (Å²) in [6.45, 7) is 2.92. The van der Waals surface area contributed by atoms with Crippen LogP contribution < -0.4 is 10.0 Å². The van der Waals surface area contributed by atoms with Crippen molar-refractivity contribution < 1.29 is 27.9 Å². The number of hydrogen-bond donors (Lipinski definition) is 3. The van der Waals surface area contributed by atoms with E-state index >= 15 is 0 Å². The highest BCUT2D eigenvalue weighted by molar-refractivity contribution is 7.92. The number of carboxylic acid groups (broad SMARTS) is 1. The Hall–Kier alpha value is -3.98. The topological polar surface area (TPSA) is 130 Å². The van der Waals surface area contributed by atoms with Gasteiger partial charge in [-0.1, -0.05) is 24.3 Å². The third kappa shape index (κ3) is 5.01. The van der Waals surface area contributed by atoms with E-state index in [0.717, 1.165) is 0 Å². The fourth-order valence-corrected chi connectivity index (χ4v) is 4.39. The first-order valence-electron chi connectivity index (χ1n) is 9.46. The lowest BCUT2D eigenvalue weighted by atomic mass is 10.1. The highest BCUT2D eigenvalue weighted by Crippen LogP contribution is 2.24. The molecule has 0 radical (unpaired) electrons. The summed E-state index contributed by atoms with van der Waals surface area (Å²) in [4.78, 5) is 35.5. The Morgan fingerprint density at radius 1 is 0.875 bits per heavy atom. The van der Waals surface area contributed by atoms with Crippen LogP contribution in [-0.2, 0) is 10.0 Å². The molecule has 0 atom stereocenters. The number of para-hydroxylation sites is 1. The maximum Gasteiger partial charge on any atom is 0.335 e. The third-order valence-corrected chi connectivity index (χ3v) is 6.17. The van der Waals surface area contributed by atoms with Gasteiger partial charge in [-0.15, -0.1) is 0 Å². The number of carboxylic acids is 1. The van der Waals surface area contributed by atoms with Crippen molar-refractivity contribution in [1.82, 2.24) is 0 Å². The molecule has 3 rings (SSSR count). The number of amides is 1. The van der Waals surface area contributed by atoms with Crippen LogP contribution in [0.2, 0.25) is 0 Å². The van der Waals surface area contributed by atoms with E-state index in [2.05, 4.69) is 10.0 Å². The molecule has 0 fully saturated rings. The Morgan fingerprint density at radius 2 is 1.59 bits per heavy atom. The van der Waals surface area contributed by atoms with E-state index in [4.69, 9.17) is 5.11 Å². The normalized spacial score (nSPS) is 10.9. The summed E-state index contributed by atoms with van der Waals surface area (Å²) >= 11 is 0. The van der Waals surface area contributed by atoms with Gasteiger partial charge in [0.15, 0.2) is 5.78 Å². The summed E-state index contributed by atoms with van der Waals surface area (Å²) < 4.78 is 28.5. The van der Waals surface area contributed by atoms with Gasteiger partial charge in [0.1, 0.15) is 0 Å². The number of anilines is 2. The molecule has 0 saturated carbocycles. The van der Waals surface area contributed by atoms with E-state index in [1.807, 2.05) is 0 Å². The fourth-order valence-electron chi connectivity index (χ4n) is 3.04. The number of aromatic carboxylic acids is 1. The Balaban J connectivity index is 1.91. The van der Waals surface area contributed by atoms with Crippen LogP contribution in [0.5, 0.6) is 0 Å². The Bertz CT molecular complexity index is 1330. The number of nitrogens with one attached hydrogen (secondary N) is 2. The van der Waals surface area contributed by atoms with Crippen LogP contribution in [0.3, 0.4) is 0 Å². The number of aryl methyl sites for hydroxylation is 1. The van der Waals surface area contributed by atoms with Crippen molar-refractivity contribution in [2.75, 3.05) is 10.0 Å². The van der Waals surface area contributed by atoms with Gasteiger partial charge in [0.05, 0.1) is 16.1 Å². The summed E-state index contributed by atoms with van der Waals surface area (Å²) in [5.74, 6) is -2.04. The molecule has 0 aliphatic rings. The lowest BCUT2D eigenvalue weighted by molar-refractivity contribution is 0.0696. The first kappa shape index (κ1) is 22.7. The number of hydrogen-bond acceptors (Lipinski definition) is 5. The van der Waals surface area contributed by atoms with Gasteiger partial charge in [0.2, 0.25) is 0 Å². The van der Waals surface area contributed by atoms with E-state index in [1.165, 1.54) is 61.5 Å². The standard InChI is InChI=1S/C23H20N2O6S/c1-14-10-11-16(22(27)24-18-7-5-6-17(12-18)23(28)29)13-21(14)32(30,31)25-20-9-4-3-8-19(20)15(2)26/h3-13,25H,1-2H3,(H,24,27)(H,28,29). The first-order chi connectivity index (χ1) is 15.1. The summed E-state index contributed by atoms with van der Waals surface area (Å²) in [6, 6.07) is 16.1. The summed E-state index contributed by atoms with van der Waals surface area (Å²) in [6.07, 6.45) is 0. The second-order valence-corrected chi connectivity index (χ2v) is 8.68. The summed E-state index contributed by atoms with van der Waals surface area (Å²) in [5, 5.41) is 11.6. The number of Topliss-reactive ketones (excluding diaryl/α,β-unsaturated/α-hetero) is 1. The van der Waals surface area contributed by atoms with Gasteiger partial charge in [0, 0.05) is 16.8 Å². The lowest BCUT2D eigenvalue weighted by Crippen LogP contribution is -2.18. The average Bonchev–Trinajstić information content (AvgIpc) is 2.74. The molecule has 1 amide bonds. The molecular weight excluding hydrogens is 432 g/mol. The zero-order chi connectivity index (χ0) is 23.5. The molecule has 32 heavy (non-hydrogen) atoms. The summed E-state index contributed by atoms with van der Waals surface area (Å²) in [5.41, 5.74) is 1.09. The van der Waals surface area contributed by atoms with Crippen LogP contribution in [0.15, 0.2) is 71.6 Å². The molecule has 0 aromatic heterocycles. The quantitative estimate of drug-likeness (QED) is 0.466. The SMILES string of the molecule is CC(=O)c1ccccc1NS(=O)(=O)c1cc(C(=O)Nc2cccc(C(=O)O)c2)ccc1C. The minimum atomic E-state index is -4.11. The minimum absolute atomic E-state index is 0.00306. The molecular formula is C23H20N2O6S. The predicted octanol–water partition coefficient (Wildman–Crippen LogP) is 3.95. The second-order valence-electron chi connectivity index (χ2n) is 7.03. The van der Waals surface area contributed by atoms with Crippen molar-refractivity contribution in [3.05, 3.63) is 89.0 Å². The maximum atomic E-state index is 13.0. The number of sulfonamides is 1. The van der Waals surface area contributed by atoms with E-state index in [-0.39, 0.29) is 38.7 Å². The highest BCUT2D eigenvalue weighted by atomic mass is 32.2. The molecule has 0 spiro atoms. The van der Waals surface area contributed by atoms with Gasteiger partial charge in [-0.25, -0.2) is 13.2 Å². The molecule has 0 bridgehead atoms. The van der Waals surface area contributed by atoms with E-state index in [9.17, 15) is 22.8 Å². The van der Waals surface area contributed by atoms with Gasteiger partial charge < -0.3 is 10.4 Å². The monoisotopic (exact) mass is 452 g/mol. The minimum Gasteiger partial charge on any atom is -0.478 e. The number of benzene rings is 3. The molecule has 0 aliphatic carbocycles. The third-order valence-electron chi connectivity index (χ3n) is 4.66. The van der Waals surface area contributed by atoms with Crippen molar-refractivity contribution in [3.8, 4) is 0 Å². The Labute approximate surface area is 185 Å². The van der Waals surface area contributed by atoms with Gasteiger partial charge in [-0.2, -0.15) is 0 Å². The van der Waals surface area contributed by atoms with E-state index in [0.29, 0.717) is 5.56 Å². The molecule has 3 aromatic rings. The van der Waals surface area contributed by atoms with Gasteiger partial charge in [-0.05, 0) is 61.9 Å². The van der Waals surface area contributed by atoms with Crippen LogP contribution in [0.4, 0.5) is 11.4 Å². The van der Waals surface area contributed by atoms with Gasteiger partial charge >= 0.3 is 5.97 Å². The van der Waals surface area contributed by atoms with E-state index in [1.54, 1.807) is 19.1 Å². The molecule has 164 valence electrons. The molecule has 3 N–H and O–H groups in total. The number of carbonyl (C=O) groups is 3. The Morgan fingerprint density at radius 3 is 2.28 bits per heavy atom. The molecule has 0 heterocycles. The van der Waals surface area contributed by atoms with Crippen molar-refractivity contribution in [2.45, 2.75) is 18.7 Å². The van der Waals surface area contributed by atoms with Gasteiger partial charge in [0.25, 0.3) is 15.9 Å². The van der Waals surface area contributed by atoms with Crippen molar-refractivity contribution in [2.24, 2.45) is 0 Å². The Kier molecular flexibility index (Phi) is 6.40. The maximum absolute atomic E-state index is 13.0. The predicted molar refractivity (Wildman–Crippen MR) is 120 cm³/mol. The van der Waals surface area contributed by atoms with Crippen LogP contribution in [-0.4, -0.2) is 31.2 Å². The second kappa shape index (κ2) is 9.03. The summed E-state index contributed by atoms with van der Waals surface area (Å²) in [7, 11) is -4.11. The van der Waals surface area contributed by atoms with Gasteiger partial charge in [-0.3, -0.25) is 14.3 Å². The molecule has 0 unspecified atom stereocenters. The van der Waals surface area contributed by atoms with Crippen LogP contribution in [0.25, 0.3) is 0 Å². The lowest BCUT2D eigenvalue weighted by Gasteiger charge is -2.14. The van der Waals surface area contributed by atoms with Crippen LogP contribution in [0.1, 0.15) is 43.6 Å². The molecule has 0 saturated heterocycles. The number of rotatable bonds is 7. The smallest absolute Gasteiger partial charge is 0.335 e. The molecule has 8 nitrogen and oxygen atoms in total. The highest BCUT2D eigenvalue weighted by Gasteiger charge is 2.21. The largest absolute Gasteiger partial charge is 0.478 e. The number of carbonyl (C=O) groups excluding carboxylic acids is 2. The molecule has 0 aliphatic heterocycles. The molecule has 3 aromatic carbocycles. The number of ketones is 1. The first-order valence-corrected chi connectivity index (χ1v) is 10.9.